The van der Waals surface area contributed by atoms with Crippen LogP contribution < -0.4 is 15.5 Å². The lowest BCUT2D eigenvalue weighted by Crippen LogP contribution is -2.43. The predicted molar refractivity (Wildman–Crippen MR) is 91.4 cm³/mol. The molecule has 1 saturated carbocycles. The molecule has 1 aromatic rings. The zero-order valence-electron chi connectivity index (χ0n) is 14.3. The van der Waals surface area contributed by atoms with Crippen molar-refractivity contribution in [2.75, 3.05) is 39.6 Å². The Kier molecular flexibility index (Phi) is 5.60. The molecular weight excluding hydrogens is 292 g/mol. The number of nitrogens with zero attached hydrogens (tertiary/aromatic N) is 2. The minimum absolute atomic E-state index is 0.0175. The lowest BCUT2D eigenvalue weighted by Gasteiger charge is -2.25. The smallest absolute Gasteiger partial charge is 0.309 e. The highest BCUT2D eigenvalue weighted by Crippen LogP contribution is 2.21. The van der Waals surface area contributed by atoms with Crippen molar-refractivity contribution in [2.45, 2.75) is 24.9 Å². The maximum atomic E-state index is 11.9. The van der Waals surface area contributed by atoms with Gasteiger partial charge in [-0.15, -0.1) is 0 Å². The van der Waals surface area contributed by atoms with Crippen molar-refractivity contribution >= 4 is 17.5 Å². The fourth-order valence-electron chi connectivity index (χ4n) is 2.34. The number of carbonyl (C=O) groups excluding carboxylic acids is 2. The number of benzene rings is 1. The van der Waals surface area contributed by atoms with Crippen molar-refractivity contribution in [2.24, 2.45) is 0 Å². The van der Waals surface area contributed by atoms with E-state index in [1.807, 2.05) is 50.1 Å². The van der Waals surface area contributed by atoms with Crippen LogP contribution in [0, 0.1) is 0 Å². The molecule has 2 N–H and O–H groups in total. The molecule has 1 aliphatic carbocycles. The summed E-state index contributed by atoms with van der Waals surface area (Å²) in [6.45, 7) is 0.394. The van der Waals surface area contributed by atoms with Gasteiger partial charge in [-0.25, -0.2) is 0 Å². The van der Waals surface area contributed by atoms with Crippen LogP contribution in [0.1, 0.15) is 24.4 Å². The lowest BCUT2D eigenvalue weighted by atomic mass is 10.1. The van der Waals surface area contributed by atoms with Crippen molar-refractivity contribution in [3.05, 3.63) is 29.8 Å². The molecule has 1 aromatic carbocycles. The van der Waals surface area contributed by atoms with Crippen molar-refractivity contribution in [3.8, 4) is 0 Å². The van der Waals surface area contributed by atoms with Gasteiger partial charge in [-0.2, -0.15) is 0 Å². The topological polar surface area (TPSA) is 64.7 Å². The summed E-state index contributed by atoms with van der Waals surface area (Å²) in [6.07, 6.45) is 1.94. The zero-order chi connectivity index (χ0) is 17.0. The van der Waals surface area contributed by atoms with Crippen LogP contribution >= 0.6 is 0 Å². The van der Waals surface area contributed by atoms with Crippen LogP contribution in [0.25, 0.3) is 0 Å². The first-order valence-corrected chi connectivity index (χ1v) is 7.91. The highest BCUT2D eigenvalue weighted by molar-refractivity contribution is 6.35. The second-order valence-corrected chi connectivity index (χ2v) is 6.42. The highest BCUT2D eigenvalue weighted by Gasteiger charge is 2.26. The van der Waals surface area contributed by atoms with Gasteiger partial charge < -0.3 is 20.4 Å². The summed E-state index contributed by atoms with van der Waals surface area (Å²) in [4.78, 5) is 27.6. The number of anilines is 1. The van der Waals surface area contributed by atoms with E-state index < -0.39 is 11.8 Å². The molecule has 0 radical (unpaired) electrons. The molecule has 0 heterocycles. The maximum Gasteiger partial charge on any atom is 0.309 e. The Labute approximate surface area is 137 Å². The number of amides is 2. The Morgan fingerprint density at radius 3 is 2.17 bits per heavy atom. The monoisotopic (exact) mass is 318 g/mol. The molecule has 0 bridgehead atoms. The second-order valence-electron chi connectivity index (χ2n) is 6.42. The van der Waals surface area contributed by atoms with Crippen LogP contribution in [-0.2, 0) is 9.59 Å². The van der Waals surface area contributed by atoms with E-state index in [4.69, 9.17) is 0 Å². The molecule has 23 heavy (non-hydrogen) atoms. The van der Waals surface area contributed by atoms with Gasteiger partial charge in [0.15, 0.2) is 0 Å². The summed E-state index contributed by atoms with van der Waals surface area (Å²) in [7, 11) is 7.91. The predicted octanol–water partition coefficient (Wildman–Crippen LogP) is 0.750. The number of hydrogen-bond acceptors (Lipinski definition) is 4. The van der Waals surface area contributed by atoms with Crippen LogP contribution in [0.3, 0.4) is 0 Å². The summed E-state index contributed by atoms with van der Waals surface area (Å²) in [5.74, 6) is -1.10. The Bertz CT molecular complexity index is 550. The molecule has 6 heteroatoms. The van der Waals surface area contributed by atoms with E-state index in [1.54, 1.807) is 0 Å². The minimum atomic E-state index is -0.561. The van der Waals surface area contributed by atoms with E-state index in [0.717, 1.165) is 24.1 Å². The summed E-state index contributed by atoms with van der Waals surface area (Å²) >= 11 is 0. The summed E-state index contributed by atoms with van der Waals surface area (Å²) in [5.41, 5.74) is 2.22. The SMILES string of the molecule is CN(C)c1ccc(C(CNC(=O)C(=O)NC2CC2)N(C)C)cc1. The molecule has 1 atom stereocenters. The highest BCUT2D eigenvalue weighted by atomic mass is 16.2. The van der Waals surface area contributed by atoms with Crippen LogP contribution in [-0.4, -0.2) is 57.5 Å². The largest absolute Gasteiger partial charge is 0.378 e. The standard InChI is InChI=1S/C17H26N4O2/c1-20(2)14-9-5-12(6-10-14)15(21(3)4)11-18-16(22)17(23)19-13-7-8-13/h5-6,9-10,13,15H,7-8,11H2,1-4H3,(H,18,22)(H,19,23). The first-order chi connectivity index (χ1) is 10.9. The average molecular weight is 318 g/mol. The first-order valence-electron chi connectivity index (χ1n) is 7.91. The van der Waals surface area contributed by atoms with E-state index in [2.05, 4.69) is 22.8 Å². The summed E-state index contributed by atoms with van der Waals surface area (Å²) in [5, 5.41) is 5.43. The second kappa shape index (κ2) is 7.46. The Morgan fingerprint density at radius 2 is 1.70 bits per heavy atom. The van der Waals surface area contributed by atoms with Gasteiger partial charge in [-0.3, -0.25) is 9.59 Å². The fraction of sp³-hybridized carbons (Fsp3) is 0.529. The van der Waals surface area contributed by atoms with Crippen molar-refractivity contribution in [3.63, 3.8) is 0 Å². The van der Waals surface area contributed by atoms with Crippen LogP contribution in [0.2, 0.25) is 0 Å². The zero-order valence-corrected chi connectivity index (χ0v) is 14.3. The number of hydrogen-bond donors (Lipinski definition) is 2. The van der Waals surface area contributed by atoms with Gasteiger partial charge >= 0.3 is 11.8 Å². The number of carbonyl (C=O) groups is 2. The third-order valence-corrected chi connectivity index (χ3v) is 3.99. The molecule has 0 aromatic heterocycles. The molecule has 2 rings (SSSR count). The molecule has 1 aliphatic rings. The van der Waals surface area contributed by atoms with Crippen LogP contribution in [0.4, 0.5) is 5.69 Å². The molecule has 0 saturated heterocycles. The molecule has 0 spiro atoms. The maximum absolute atomic E-state index is 11.9. The van der Waals surface area contributed by atoms with Gasteiger partial charge in [-0.05, 0) is 44.6 Å². The normalized spacial score (nSPS) is 15.2. The quantitative estimate of drug-likeness (QED) is 0.760. The van der Waals surface area contributed by atoms with Crippen LogP contribution in [0.15, 0.2) is 24.3 Å². The van der Waals surface area contributed by atoms with Gasteiger partial charge in [0.25, 0.3) is 0 Å². The van der Waals surface area contributed by atoms with E-state index in [-0.39, 0.29) is 12.1 Å². The first kappa shape index (κ1) is 17.3. The Morgan fingerprint density at radius 1 is 1.09 bits per heavy atom. The van der Waals surface area contributed by atoms with Gasteiger partial charge in [0.05, 0.1) is 6.04 Å². The average Bonchev–Trinajstić information content (AvgIpc) is 3.31. The van der Waals surface area contributed by atoms with Crippen molar-refractivity contribution in [1.29, 1.82) is 0 Å². The number of nitrogens with one attached hydrogen (secondary N) is 2. The number of rotatable bonds is 6. The van der Waals surface area contributed by atoms with Crippen LogP contribution in [0.5, 0.6) is 0 Å². The van der Waals surface area contributed by atoms with Crippen molar-refractivity contribution in [1.82, 2.24) is 15.5 Å². The molecule has 1 unspecified atom stereocenters. The molecule has 1 fully saturated rings. The molecular formula is C17H26N4O2. The summed E-state index contributed by atoms with van der Waals surface area (Å²) in [6, 6.07) is 8.41. The minimum Gasteiger partial charge on any atom is -0.378 e. The lowest BCUT2D eigenvalue weighted by molar-refractivity contribution is -0.139. The van der Waals surface area contributed by atoms with E-state index in [9.17, 15) is 9.59 Å². The summed E-state index contributed by atoms with van der Waals surface area (Å²) < 4.78 is 0. The molecule has 6 nitrogen and oxygen atoms in total. The van der Waals surface area contributed by atoms with E-state index in [1.165, 1.54) is 0 Å². The van der Waals surface area contributed by atoms with Gasteiger partial charge in [-0.1, -0.05) is 12.1 Å². The van der Waals surface area contributed by atoms with Gasteiger partial charge in [0.2, 0.25) is 0 Å². The fourth-order valence-corrected chi connectivity index (χ4v) is 2.34. The molecule has 126 valence electrons. The molecule has 2 amide bonds. The molecule has 0 aliphatic heterocycles. The van der Waals surface area contributed by atoms with E-state index >= 15 is 0 Å². The van der Waals surface area contributed by atoms with Gasteiger partial charge in [0, 0.05) is 32.4 Å². The third kappa shape index (κ3) is 4.96. The third-order valence-electron chi connectivity index (χ3n) is 3.99. The van der Waals surface area contributed by atoms with E-state index in [0.29, 0.717) is 6.54 Å². The Hall–Kier alpha value is -2.08. The van der Waals surface area contributed by atoms with Crippen molar-refractivity contribution < 1.29 is 9.59 Å². The number of likely N-dealkylation sites (N-methyl/N-ethyl adjacent to an activating group) is 1. The Balaban J connectivity index is 1.95. The van der Waals surface area contributed by atoms with Gasteiger partial charge in [0.1, 0.15) is 0 Å².